The van der Waals surface area contributed by atoms with E-state index in [9.17, 15) is 9.59 Å². The molecule has 3 fully saturated rings. The van der Waals surface area contributed by atoms with E-state index >= 15 is 0 Å². The van der Waals surface area contributed by atoms with Crippen LogP contribution in [0.2, 0.25) is 5.02 Å². The first-order valence-corrected chi connectivity index (χ1v) is 15.4. The van der Waals surface area contributed by atoms with Gasteiger partial charge in [-0.05, 0) is 63.0 Å². The second-order valence-corrected chi connectivity index (χ2v) is 12.5. The smallest absolute Gasteiger partial charge is 0.336 e. The molecule has 0 spiro atoms. The lowest BCUT2D eigenvalue weighted by Crippen LogP contribution is -2.60. The average Bonchev–Trinajstić information content (AvgIpc) is 3.72. The number of nitrogens with zero attached hydrogens (tertiary/aromatic N) is 7. The Balaban J connectivity index is 1.44. The summed E-state index contributed by atoms with van der Waals surface area (Å²) >= 11 is 6.41. The van der Waals surface area contributed by atoms with Gasteiger partial charge >= 0.3 is 5.76 Å². The third-order valence-corrected chi connectivity index (χ3v) is 9.62. The van der Waals surface area contributed by atoms with Crippen molar-refractivity contribution in [2.45, 2.75) is 77.4 Å². The van der Waals surface area contributed by atoms with E-state index < -0.39 is 5.76 Å². The molecule has 2 aliphatic carbocycles. The van der Waals surface area contributed by atoms with Crippen LogP contribution >= 0.6 is 11.6 Å². The Kier molecular flexibility index (Phi) is 7.00. The minimum absolute atomic E-state index is 0.143. The van der Waals surface area contributed by atoms with E-state index in [-0.39, 0.29) is 23.8 Å². The minimum atomic E-state index is -0.657. The van der Waals surface area contributed by atoms with Gasteiger partial charge in [0, 0.05) is 31.0 Å². The highest BCUT2D eigenvalue weighted by atomic mass is 35.5. The summed E-state index contributed by atoms with van der Waals surface area (Å²) in [7, 11) is 0. The standard InChI is InChI=1S/C30H35ClN8O3/c1-3-37-23-5-4-6-24(23)38(16-25(37)40)29-34-21-12-22(28-35-30(41)42-36-28)33-26(19-11-20(31)14-32-13-19)27(21)39(29)15-18-9-7-17(2)8-10-18/h11-14,17-18,23-24H,3-10,15-16H2,1-2H3,(H,35,36,41)/t17?,18?,23-,24-/m1/s1. The zero-order valence-electron chi connectivity index (χ0n) is 23.9. The molecule has 0 aromatic carbocycles. The monoisotopic (exact) mass is 590 g/mol. The largest absolute Gasteiger partial charge is 0.439 e. The number of imidazole rings is 1. The number of halogens is 1. The Bertz CT molecular complexity index is 1690. The summed E-state index contributed by atoms with van der Waals surface area (Å²) in [5.74, 6) is 1.73. The van der Waals surface area contributed by atoms with Crippen LogP contribution in [-0.4, -0.2) is 65.6 Å². The third-order valence-electron chi connectivity index (χ3n) is 9.41. The van der Waals surface area contributed by atoms with Crippen LogP contribution in [-0.2, 0) is 11.3 Å². The number of anilines is 1. The molecule has 12 heteroatoms. The molecule has 2 atom stereocenters. The normalized spacial score (nSPS) is 24.5. The van der Waals surface area contributed by atoms with E-state index in [4.69, 9.17) is 26.1 Å². The molecule has 0 unspecified atom stereocenters. The molecule has 1 aliphatic heterocycles. The SMILES string of the molecule is CCN1C(=O)CN(c2nc3cc(-c4noc(=O)[nH]4)nc(-c4cncc(Cl)c4)c3n2CC2CCC(C)CC2)[C@@H]2CCC[C@H]21. The molecular weight excluding hydrogens is 556 g/mol. The summed E-state index contributed by atoms with van der Waals surface area (Å²) in [6, 6.07) is 4.07. The van der Waals surface area contributed by atoms with Gasteiger partial charge in [0.25, 0.3) is 0 Å². The van der Waals surface area contributed by atoms with Crippen LogP contribution in [0.3, 0.4) is 0 Å². The van der Waals surface area contributed by atoms with Crippen molar-refractivity contribution in [3.05, 3.63) is 40.1 Å². The summed E-state index contributed by atoms with van der Waals surface area (Å²) in [6.45, 7) is 6.19. The zero-order valence-corrected chi connectivity index (χ0v) is 24.7. The fourth-order valence-corrected chi connectivity index (χ4v) is 7.50. The zero-order chi connectivity index (χ0) is 29.0. The van der Waals surface area contributed by atoms with Crippen molar-refractivity contribution >= 4 is 34.5 Å². The minimum Gasteiger partial charge on any atom is -0.336 e. The number of H-pyrrole nitrogens is 1. The molecule has 0 radical (unpaired) electrons. The molecule has 7 rings (SSSR count). The Morgan fingerprint density at radius 3 is 2.60 bits per heavy atom. The summed E-state index contributed by atoms with van der Waals surface area (Å²) in [6.07, 6.45) is 11.1. The molecule has 11 nitrogen and oxygen atoms in total. The number of amides is 1. The van der Waals surface area contributed by atoms with Crippen LogP contribution in [0.25, 0.3) is 33.8 Å². The van der Waals surface area contributed by atoms with Crippen LogP contribution < -0.4 is 10.7 Å². The molecule has 2 saturated carbocycles. The molecule has 3 aliphatic rings. The summed E-state index contributed by atoms with van der Waals surface area (Å²) in [5, 5.41) is 4.38. The Morgan fingerprint density at radius 1 is 1.05 bits per heavy atom. The quantitative estimate of drug-likeness (QED) is 0.336. The molecule has 1 amide bonds. The van der Waals surface area contributed by atoms with Crippen molar-refractivity contribution in [3.63, 3.8) is 0 Å². The van der Waals surface area contributed by atoms with Crippen LogP contribution in [0.1, 0.15) is 58.8 Å². The summed E-state index contributed by atoms with van der Waals surface area (Å²) in [4.78, 5) is 46.7. The molecule has 1 saturated heterocycles. The number of carbonyl (C=O) groups excluding carboxylic acids is 1. The van der Waals surface area contributed by atoms with Gasteiger partial charge in [-0.3, -0.25) is 19.3 Å². The predicted molar refractivity (Wildman–Crippen MR) is 159 cm³/mol. The lowest BCUT2D eigenvalue weighted by molar-refractivity contribution is -0.134. The van der Waals surface area contributed by atoms with Gasteiger partial charge in [0.2, 0.25) is 17.7 Å². The first kappa shape index (κ1) is 27.1. The number of carbonyl (C=O) groups is 1. The number of piperazine rings is 1. The van der Waals surface area contributed by atoms with Crippen molar-refractivity contribution in [2.75, 3.05) is 18.0 Å². The number of hydrogen-bond acceptors (Lipinski definition) is 8. The molecule has 0 bridgehead atoms. The fraction of sp³-hybridized carbons (Fsp3) is 0.533. The topological polar surface area (TPSA) is 126 Å². The lowest BCUT2D eigenvalue weighted by Gasteiger charge is -2.44. The summed E-state index contributed by atoms with van der Waals surface area (Å²) < 4.78 is 7.09. The number of fused-ring (bicyclic) bond motifs is 2. The highest BCUT2D eigenvalue weighted by molar-refractivity contribution is 6.30. The number of pyridine rings is 2. The van der Waals surface area contributed by atoms with Crippen molar-refractivity contribution < 1.29 is 9.32 Å². The van der Waals surface area contributed by atoms with Gasteiger partial charge in [0.1, 0.15) is 12.2 Å². The number of aromatic amines is 1. The third kappa shape index (κ3) is 4.77. The van der Waals surface area contributed by atoms with Gasteiger partial charge in [-0.1, -0.05) is 36.5 Å². The second kappa shape index (κ2) is 10.8. The highest BCUT2D eigenvalue weighted by Crippen LogP contribution is 2.40. The van der Waals surface area contributed by atoms with Gasteiger partial charge in [-0.25, -0.2) is 14.8 Å². The van der Waals surface area contributed by atoms with Crippen molar-refractivity contribution in [1.29, 1.82) is 0 Å². The van der Waals surface area contributed by atoms with Crippen molar-refractivity contribution in [3.8, 4) is 22.8 Å². The Hall–Kier alpha value is -3.73. The number of nitrogens with one attached hydrogen (secondary N) is 1. The fourth-order valence-electron chi connectivity index (χ4n) is 7.33. The maximum Gasteiger partial charge on any atom is 0.439 e. The molecule has 42 heavy (non-hydrogen) atoms. The summed E-state index contributed by atoms with van der Waals surface area (Å²) in [5.41, 5.74) is 3.37. The van der Waals surface area contributed by atoms with E-state index in [2.05, 4.69) is 38.4 Å². The first-order valence-electron chi connectivity index (χ1n) is 15.0. The number of rotatable bonds is 6. The number of likely N-dealkylation sites (N-methyl/N-ethyl adjacent to an activating group) is 1. The molecule has 5 heterocycles. The maximum absolute atomic E-state index is 13.4. The predicted octanol–water partition coefficient (Wildman–Crippen LogP) is 4.91. The number of hydrogen-bond donors (Lipinski definition) is 1. The van der Waals surface area contributed by atoms with Crippen molar-refractivity contribution in [1.82, 2.24) is 34.6 Å². The molecule has 4 aromatic rings. The Morgan fingerprint density at radius 2 is 1.86 bits per heavy atom. The van der Waals surface area contributed by atoms with Gasteiger partial charge in [0.15, 0.2) is 0 Å². The molecule has 220 valence electrons. The van der Waals surface area contributed by atoms with Gasteiger partial charge in [-0.2, -0.15) is 0 Å². The molecule has 4 aromatic heterocycles. The van der Waals surface area contributed by atoms with E-state index in [1.54, 1.807) is 12.4 Å². The lowest BCUT2D eigenvalue weighted by atomic mass is 9.83. The average molecular weight is 591 g/mol. The first-order chi connectivity index (χ1) is 20.4. The van der Waals surface area contributed by atoms with Gasteiger partial charge in [-0.15, -0.1) is 0 Å². The van der Waals surface area contributed by atoms with Gasteiger partial charge < -0.3 is 14.4 Å². The Labute approximate surface area is 248 Å². The molecular formula is C30H35ClN8O3. The van der Waals surface area contributed by atoms with Crippen LogP contribution in [0.15, 0.2) is 33.8 Å². The van der Waals surface area contributed by atoms with E-state index in [1.807, 2.05) is 17.0 Å². The van der Waals surface area contributed by atoms with E-state index in [0.29, 0.717) is 34.4 Å². The van der Waals surface area contributed by atoms with Crippen LogP contribution in [0.4, 0.5) is 5.95 Å². The van der Waals surface area contributed by atoms with Crippen LogP contribution in [0.5, 0.6) is 0 Å². The maximum atomic E-state index is 13.4. The van der Waals surface area contributed by atoms with Crippen LogP contribution in [0, 0.1) is 11.8 Å². The second-order valence-electron chi connectivity index (χ2n) is 12.1. The van der Waals surface area contributed by atoms with Crippen molar-refractivity contribution in [2.24, 2.45) is 11.8 Å². The van der Waals surface area contributed by atoms with E-state index in [1.165, 1.54) is 12.8 Å². The number of aromatic nitrogens is 6. The highest BCUT2D eigenvalue weighted by Gasteiger charge is 2.44. The van der Waals surface area contributed by atoms with Gasteiger partial charge in [0.05, 0.1) is 33.8 Å². The van der Waals surface area contributed by atoms with E-state index in [0.717, 1.165) is 68.1 Å². The molecule has 1 N–H and O–H groups in total.